The summed E-state index contributed by atoms with van der Waals surface area (Å²) in [6, 6.07) is 0. The number of carbonyl (C=O) groups excluding carboxylic acids is 4. The zero-order chi connectivity index (χ0) is 27.4. The minimum Gasteiger partial charge on any atom is -0.463 e. The van der Waals surface area contributed by atoms with Crippen molar-refractivity contribution in [1.29, 1.82) is 0 Å². The molecule has 0 amide bonds. The molecule has 1 unspecified atom stereocenters. The molecule has 0 spiro atoms. The maximum absolute atomic E-state index is 12.5. The predicted molar refractivity (Wildman–Crippen MR) is 130 cm³/mol. The number of Topliss-reactive ketones (excluding diaryl/α,β-unsaturated/α-hetero) is 3. The van der Waals surface area contributed by atoms with Gasteiger partial charge in [0.15, 0.2) is 23.6 Å². The second kappa shape index (κ2) is 16.2. The highest BCUT2D eigenvalue weighted by molar-refractivity contribution is 5.82. The van der Waals surface area contributed by atoms with Crippen molar-refractivity contribution in [1.82, 2.24) is 0 Å². The van der Waals surface area contributed by atoms with Gasteiger partial charge in [-0.2, -0.15) is 0 Å². The Morgan fingerprint density at radius 3 is 1.50 bits per heavy atom. The Morgan fingerprint density at radius 1 is 0.722 bits per heavy atom. The van der Waals surface area contributed by atoms with E-state index in [-0.39, 0.29) is 61.5 Å². The summed E-state index contributed by atoms with van der Waals surface area (Å²) in [6.07, 6.45) is -3.94. The van der Waals surface area contributed by atoms with E-state index in [1.165, 1.54) is 6.92 Å². The molecule has 0 aromatic heterocycles. The van der Waals surface area contributed by atoms with Gasteiger partial charge < -0.3 is 28.8 Å². The normalized spacial score (nSPS) is 26.6. The second-order valence-corrected chi connectivity index (χ2v) is 9.52. The van der Waals surface area contributed by atoms with Crippen LogP contribution in [0.25, 0.3) is 0 Å². The zero-order valence-corrected chi connectivity index (χ0v) is 22.7. The van der Waals surface area contributed by atoms with Crippen LogP contribution in [0, 0.1) is 17.8 Å². The molecular formula is C26H44O10. The lowest BCUT2D eigenvalue weighted by molar-refractivity contribution is -0.308. The van der Waals surface area contributed by atoms with Crippen LogP contribution >= 0.6 is 0 Å². The minimum absolute atomic E-state index is 0.145. The quantitative estimate of drug-likeness (QED) is 0.287. The molecule has 1 saturated heterocycles. The number of rotatable bonds is 17. The molecule has 0 aromatic rings. The number of aliphatic hydroxyl groups excluding tert-OH is 1. The molecule has 0 radical (unpaired) electrons. The third-order valence-corrected chi connectivity index (χ3v) is 6.80. The van der Waals surface area contributed by atoms with Gasteiger partial charge in [-0.05, 0) is 19.3 Å². The number of hydrogen-bond donors (Lipinski definition) is 1. The third kappa shape index (κ3) is 9.97. The van der Waals surface area contributed by atoms with Crippen LogP contribution in [0.3, 0.4) is 0 Å². The van der Waals surface area contributed by atoms with Gasteiger partial charge in [0.2, 0.25) is 0 Å². The van der Waals surface area contributed by atoms with E-state index in [1.54, 1.807) is 20.8 Å². The van der Waals surface area contributed by atoms with Crippen LogP contribution in [0.2, 0.25) is 0 Å². The fraction of sp³-hybridized carbons (Fsp3) is 0.846. The van der Waals surface area contributed by atoms with Crippen molar-refractivity contribution in [2.75, 3.05) is 26.4 Å². The van der Waals surface area contributed by atoms with E-state index >= 15 is 0 Å². The minimum atomic E-state index is -1.55. The molecule has 1 aliphatic heterocycles. The van der Waals surface area contributed by atoms with Gasteiger partial charge in [-0.1, -0.05) is 41.5 Å². The zero-order valence-electron chi connectivity index (χ0n) is 22.7. The number of hydrogen-bond acceptors (Lipinski definition) is 10. The van der Waals surface area contributed by atoms with Crippen LogP contribution in [0.1, 0.15) is 67.7 Å². The van der Waals surface area contributed by atoms with Gasteiger partial charge >= 0.3 is 5.97 Å². The monoisotopic (exact) mass is 516 g/mol. The van der Waals surface area contributed by atoms with Crippen LogP contribution in [-0.4, -0.2) is 85.6 Å². The van der Waals surface area contributed by atoms with Crippen LogP contribution < -0.4 is 0 Å². The Bertz CT molecular complexity index is 724. The van der Waals surface area contributed by atoms with Crippen LogP contribution in [0.5, 0.6) is 0 Å². The third-order valence-electron chi connectivity index (χ3n) is 6.80. The van der Waals surface area contributed by atoms with Crippen molar-refractivity contribution in [2.24, 2.45) is 17.8 Å². The Balaban J connectivity index is 3.22. The van der Waals surface area contributed by atoms with Crippen molar-refractivity contribution >= 4 is 23.3 Å². The summed E-state index contributed by atoms with van der Waals surface area (Å²) in [4.78, 5) is 48.8. The number of ether oxygens (including phenoxy) is 5. The largest absolute Gasteiger partial charge is 0.463 e. The van der Waals surface area contributed by atoms with Crippen molar-refractivity contribution < 1.29 is 48.0 Å². The van der Waals surface area contributed by atoms with E-state index in [2.05, 4.69) is 0 Å². The Morgan fingerprint density at radius 2 is 1.11 bits per heavy atom. The van der Waals surface area contributed by atoms with Gasteiger partial charge in [-0.15, -0.1) is 0 Å². The molecule has 0 aromatic carbocycles. The molecule has 0 bridgehead atoms. The highest BCUT2D eigenvalue weighted by Crippen LogP contribution is 2.28. The molecule has 1 aliphatic rings. The molecule has 1 N–H and O–H groups in total. The topological polar surface area (TPSA) is 135 Å². The lowest BCUT2D eigenvalue weighted by Crippen LogP contribution is -2.62. The Labute approximate surface area is 214 Å². The fourth-order valence-corrected chi connectivity index (χ4v) is 3.44. The van der Waals surface area contributed by atoms with Gasteiger partial charge in [0, 0.05) is 24.7 Å². The maximum atomic E-state index is 12.5. The first kappa shape index (κ1) is 32.3. The molecule has 0 aliphatic carbocycles. The van der Waals surface area contributed by atoms with E-state index in [1.807, 2.05) is 20.8 Å². The van der Waals surface area contributed by atoms with Crippen molar-refractivity contribution in [3.05, 3.63) is 0 Å². The lowest BCUT2D eigenvalue weighted by atomic mass is 9.97. The van der Waals surface area contributed by atoms with Crippen LogP contribution in [0.15, 0.2) is 0 Å². The number of aliphatic hydroxyl groups is 1. The first-order valence-electron chi connectivity index (χ1n) is 12.9. The van der Waals surface area contributed by atoms with Gasteiger partial charge in [0.25, 0.3) is 0 Å². The fourth-order valence-electron chi connectivity index (χ4n) is 3.44. The molecule has 1 rings (SSSR count). The van der Waals surface area contributed by atoms with Crippen molar-refractivity contribution in [3.8, 4) is 0 Å². The van der Waals surface area contributed by atoms with E-state index in [0.29, 0.717) is 19.3 Å². The van der Waals surface area contributed by atoms with Gasteiger partial charge in [-0.25, -0.2) is 0 Å². The molecule has 10 heteroatoms. The van der Waals surface area contributed by atoms with Crippen molar-refractivity contribution in [2.45, 2.75) is 98.4 Å². The summed E-state index contributed by atoms with van der Waals surface area (Å²) in [7, 11) is 0. The van der Waals surface area contributed by atoms with Gasteiger partial charge in [0.1, 0.15) is 50.8 Å². The summed E-state index contributed by atoms with van der Waals surface area (Å²) in [5.41, 5.74) is 0. The SMILES string of the molecule is CC[C@@H](C)C(=O)CO[C@H]1[C@H](OCC(=O)[C@H](C)CC)[C@@H](OCC(=O)[C@H](C)CC)C(O)O[C@@H]1COC(C)=O. The highest BCUT2D eigenvalue weighted by atomic mass is 16.7. The average Bonchev–Trinajstić information content (AvgIpc) is 2.86. The van der Waals surface area contributed by atoms with Crippen LogP contribution in [0.4, 0.5) is 0 Å². The molecule has 1 fully saturated rings. The maximum Gasteiger partial charge on any atom is 0.302 e. The summed E-state index contributed by atoms with van der Waals surface area (Å²) in [5, 5.41) is 10.7. The molecule has 10 nitrogen and oxygen atoms in total. The van der Waals surface area contributed by atoms with Gasteiger partial charge in [0.05, 0.1) is 0 Å². The standard InChI is InChI=1S/C26H44O10/c1-8-15(4)19(28)11-33-23-22(14-32-18(7)27)36-26(31)25(35-13-21(30)17(6)10-3)24(23)34-12-20(29)16(5)9-2/h15-17,22-26,31H,8-14H2,1-7H3/t15-,16-,17-,22-,23-,24+,25-,26?/m1/s1. The molecule has 1 heterocycles. The summed E-state index contributed by atoms with van der Waals surface area (Å²) < 4.78 is 28.3. The second-order valence-electron chi connectivity index (χ2n) is 9.52. The summed E-state index contributed by atoms with van der Waals surface area (Å²) in [5.74, 6) is -1.75. The Hall–Kier alpha value is -1.72. The Kier molecular flexibility index (Phi) is 14.5. The van der Waals surface area contributed by atoms with Crippen LogP contribution in [-0.2, 0) is 42.9 Å². The number of esters is 1. The van der Waals surface area contributed by atoms with Crippen molar-refractivity contribution in [3.63, 3.8) is 0 Å². The first-order valence-corrected chi connectivity index (χ1v) is 12.9. The van der Waals surface area contributed by atoms with E-state index in [4.69, 9.17) is 23.7 Å². The molecule has 8 atom stereocenters. The molecule has 0 saturated carbocycles. The summed E-state index contributed by atoms with van der Waals surface area (Å²) >= 11 is 0. The van der Waals surface area contributed by atoms with E-state index in [0.717, 1.165) is 0 Å². The number of ketones is 3. The van der Waals surface area contributed by atoms with E-state index < -0.39 is 36.7 Å². The van der Waals surface area contributed by atoms with E-state index in [9.17, 15) is 24.3 Å². The highest BCUT2D eigenvalue weighted by Gasteiger charge is 2.49. The summed E-state index contributed by atoms with van der Waals surface area (Å²) in [6.45, 7) is 11.1. The smallest absolute Gasteiger partial charge is 0.302 e. The molecule has 208 valence electrons. The first-order chi connectivity index (χ1) is 17.0. The number of carbonyl (C=O) groups is 4. The lowest BCUT2D eigenvalue weighted by Gasteiger charge is -2.44. The molecular weight excluding hydrogens is 472 g/mol. The van der Waals surface area contributed by atoms with Gasteiger partial charge in [-0.3, -0.25) is 19.2 Å². The average molecular weight is 517 g/mol. The molecule has 36 heavy (non-hydrogen) atoms. The predicted octanol–water partition coefficient (Wildman–Crippen LogP) is 2.27.